The number of hydrogen-bond donors (Lipinski definition) is 6. The van der Waals surface area contributed by atoms with Crippen LogP contribution in [0.5, 0.6) is 0 Å². The maximum absolute atomic E-state index is 11.8. The molecule has 170 valence electrons. The van der Waals surface area contributed by atoms with E-state index < -0.39 is 5.54 Å². The van der Waals surface area contributed by atoms with Gasteiger partial charge in [0.15, 0.2) is 0 Å². The zero-order valence-electron chi connectivity index (χ0n) is 16.2. The maximum atomic E-state index is 11.8. The summed E-state index contributed by atoms with van der Waals surface area (Å²) in [7, 11) is 0. The SMILES string of the molecule is CC12CNCCNCC([N+](=O)[O-])(CNCCNC1)CNCCNC2.[Cl-].[Cl-].[Cl-].[Co+3]. The molecule has 2 bridgehead atoms. The van der Waals surface area contributed by atoms with E-state index in [0.29, 0.717) is 19.6 Å². The predicted octanol–water partition coefficient (Wildman–Crippen LogP) is -11.4. The molecule has 0 amide bonds. The fraction of sp³-hybridized carbons (Fsp3) is 1.00. The minimum Gasteiger partial charge on any atom is -1.00 e. The van der Waals surface area contributed by atoms with Crippen molar-refractivity contribution in [2.24, 2.45) is 5.41 Å². The molecule has 0 aliphatic carbocycles. The number of fused-ring (bicyclic) bond motifs is 15. The van der Waals surface area contributed by atoms with Crippen molar-refractivity contribution in [3.8, 4) is 0 Å². The van der Waals surface area contributed by atoms with E-state index >= 15 is 0 Å². The summed E-state index contributed by atoms with van der Waals surface area (Å²) in [5.74, 6) is 0. The fourth-order valence-corrected chi connectivity index (χ4v) is 3.23. The molecule has 0 radical (unpaired) electrons. The number of nitrogens with one attached hydrogen (secondary N) is 6. The molecule has 3 aliphatic heterocycles. The molecule has 0 spiro atoms. The Morgan fingerprint density at radius 1 is 0.643 bits per heavy atom. The molecule has 3 heterocycles. The third kappa shape index (κ3) is 11.1. The second-order valence-electron chi connectivity index (χ2n) is 7.35. The van der Waals surface area contributed by atoms with Gasteiger partial charge in [-0.3, -0.25) is 10.1 Å². The Morgan fingerprint density at radius 3 is 1.14 bits per heavy atom. The average molecular weight is 509 g/mol. The monoisotopic (exact) mass is 507 g/mol. The first-order valence-corrected chi connectivity index (χ1v) is 8.95. The van der Waals surface area contributed by atoms with Crippen LogP contribution < -0.4 is 69.1 Å². The van der Waals surface area contributed by atoms with E-state index in [2.05, 4.69) is 38.8 Å². The zero-order valence-corrected chi connectivity index (χ0v) is 19.5. The van der Waals surface area contributed by atoms with Gasteiger partial charge >= 0.3 is 16.8 Å². The number of rotatable bonds is 1. The smallest absolute Gasteiger partial charge is 1.00 e. The molecule has 0 saturated carbocycles. The van der Waals surface area contributed by atoms with Crippen LogP contribution in [0, 0.1) is 15.5 Å². The third-order valence-corrected chi connectivity index (χ3v) is 4.84. The summed E-state index contributed by atoms with van der Waals surface area (Å²) in [6, 6.07) is 0. The molecule has 0 aromatic rings. The van der Waals surface area contributed by atoms with E-state index in [1.807, 2.05) is 0 Å². The van der Waals surface area contributed by atoms with Crippen LogP contribution >= 0.6 is 0 Å². The molecule has 3 aliphatic rings. The van der Waals surface area contributed by atoms with Gasteiger partial charge in [-0.25, -0.2) is 0 Å². The molecule has 28 heavy (non-hydrogen) atoms. The standard InChI is InChI=1S/C15H33N7O2.3ClH.Co/c1-14-8-16-2-5-19-11-15(22(23)24,12-20-6-3-17-9-14)13-21-7-4-18-10-14;;;;/h16-21H,2-13H2,1H3;3*1H;/q;;;;+3/p-3. The Bertz CT molecular complexity index is 370. The molecular formula is C15H33Cl3CoN7O2. The summed E-state index contributed by atoms with van der Waals surface area (Å²) in [6.45, 7) is 10.7. The Balaban J connectivity index is -0.00000156. The van der Waals surface area contributed by atoms with E-state index in [-0.39, 0.29) is 64.3 Å². The van der Waals surface area contributed by atoms with Crippen LogP contribution in [-0.4, -0.2) is 89.0 Å². The molecule has 0 aromatic heterocycles. The topological polar surface area (TPSA) is 115 Å². The molecule has 3 saturated heterocycles. The van der Waals surface area contributed by atoms with E-state index in [1.165, 1.54) is 0 Å². The maximum Gasteiger partial charge on any atom is 3.00 e. The zero-order chi connectivity index (χ0) is 17.3. The molecule has 0 aromatic carbocycles. The van der Waals surface area contributed by atoms with E-state index in [4.69, 9.17) is 0 Å². The van der Waals surface area contributed by atoms with Crippen molar-refractivity contribution in [2.75, 3.05) is 78.5 Å². The van der Waals surface area contributed by atoms with Gasteiger partial charge in [-0.1, -0.05) is 6.92 Å². The summed E-state index contributed by atoms with van der Waals surface area (Å²) in [4.78, 5) is 11.6. The third-order valence-electron chi connectivity index (χ3n) is 4.84. The predicted molar refractivity (Wildman–Crippen MR) is 95.1 cm³/mol. The van der Waals surface area contributed by atoms with Gasteiger partial charge in [0.2, 0.25) is 0 Å². The van der Waals surface area contributed by atoms with Gasteiger partial charge in [0.25, 0.3) is 5.54 Å². The van der Waals surface area contributed by atoms with Gasteiger partial charge in [0.05, 0.1) is 19.6 Å². The first kappa shape index (κ1) is 33.2. The second-order valence-corrected chi connectivity index (χ2v) is 7.35. The fourth-order valence-electron chi connectivity index (χ4n) is 3.23. The van der Waals surface area contributed by atoms with Crippen LogP contribution in [-0.2, 0) is 16.8 Å². The molecule has 6 N–H and O–H groups in total. The number of halogens is 3. The molecule has 13 heteroatoms. The van der Waals surface area contributed by atoms with Gasteiger partial charge in [-0.15, -0.1) is 0 Å². The molecule has 0 atom stereocenters. The van der Waals surface area contributed by atoms with Crippen LogP contribution in [0.2, 0.25) is 0 Å². The normalized spacial score (nSPS) is 30.0. The van der Waals surface area contributed by atoms with Crippen LogP contribution in [0.3, 0.4) is 0 Å². The van der Waals surface area contributed by atoms with Crippen LogP contribution in [0.1, 0.15) is 6.92 Å². The Morgan fingerprint density at radius 2 is 0.893 bits per heavy atom. The molecule has 3 rings (SSSR count). The Kier molecular flexibility index (Phi) is 20.4. The van der Waals surface area contributed by atoms with Gasteiger partial charge in [0.1, 0.15) is 0 Å². The number of hydrogen-bond acceptors (Lipinski definition) is 8. The van der Waals surface area contributed by atoms with Gasteiger partial charge < -0.3 is 69.1 Å². The summed E-state index contributed by atoms with van der Waals surface area (Å²) >= 11 is 0. The average Bonchev–Trinajstić information content (AvgIpc) is 2.55. The van der Waals surface area contributed by atoms with Crippen molar-refractivity contribution < 1.29 is 58.9 Å². The summed E-state index contributed by atoms with van der Waals surface area (Å²) in [5.41, 5.74) is -0.887. The van der Waals surface area contributed by atoms with Crippen molar-refractivity contribution in [3.05, 3.63) is 10.1 Å². The molecule has 0 unspecified atom stereocenters. The van der Waals surface area contributed by atoms with Crippen molar-refractivity contribution in [3.63, 3.8) is 0 Å². The second kappa shape index (κ2) is 17.2. The first-order valence-electron chi connectivity index (χ1n) is 8.95. The van der Waals surface area contributed by atoms with Crippen molar-refractivity contribution >= 4 is 0 Å². The van der Waals surface area contributed by atoms with Crippen LogP contribution in [0.15, 0.2) is 0 Å². The molecule has 3 fully saturated rings. The Labute approximate surface area is 197 Å². The van der Waals surface area contributed by atoms with Crippen molar-refractivity contribution in [1.82, 2.24) is 31.9 Å². The first-order chi connectivity index (χ1) is 11.6. The molecule has 9 nitrogen and oxygen atoms in total. The summed E-state index contributed by atoms with van der Waals surface area (Å²) in [6.07, 6.45) is 0. The number of nitro groups is 1. The van der Waals surface area contributed by atoms with Crippen molar-refractivity contribution in [1.29, 1.82) is 0 Å². The summed E-state index contributed by atoms with van der Waals surface area (Å²) in [5, 5.41) is 32.0. The van der Waals surface area contributed by atoms with E-state index in [0.717, 1.165) is 58.9 Å². The minimum atomic E-state index is -1.03. The quantitative estimate of drug-likeness (QED) is 0.153. The van der Waals surface area contributed by atoms with Gasteiger partial charge in [0, 0.05) is 69.2 Å². The van der Waals surface area contributed by atoms with Crippen molar-refractivity contribution in [2.45, 2.75) is 12.5 Å². The van der Waals surface area contributed by atoms with Gasteiger partial charge in [-0.2, -0.15) is 0 Å². The number of nitrogens with zero attached hydrogens (tertiary/aromatic N) is 1. The molecular weight excluding hydrogens is 476 g/mol. The van der Waals surface area contributed by atoms with Gasteiger partial charge in [-0.05, 0) is 0 Å². The van der Waals surface area contributed by atoms with Crippen LogP contribution in [0.4, 0.5) is 0 Å². The van der Waals surface area contributed by atoms with E-state index in [1.54, 1.807) is 0 Å². The van der Waals surface area contributed by atoms with Crippen LogP contribution in [0.25, 0.3) is 0 Å². The van der Waals surface area contributed by atoms with E-state index in [9.17, 15) is 10.1 Å². The largest absolute Gasteiger partial charge is 3.00 e. The Hall–Kier alpha value is 0.536. The minimum absolute atomic E-state index is 0. The summed E-state index contributed by atoms with van der Waals surface area (Å²) < 4.78 is 0.